The van der Waals surface area contributed by atoms with E-state index in [0.717, 1.165) is 0 Å². The summed E-state index contributed by atoms with van der Waals surface area (Å²) < 4.78 is 14.3. The first-order valence-corrected chi connectivity index (χ1v) is 8.59. The second-order valence-electron chi connectivity index (χ2n) is 4.53. The van der Waals surface area contributed by atoms with E-state index < -0.39 is 11.7 Å². The normalized spacial score (nSPS) is 11.0. The molecule has 0 unspecified atom stereocenters. The highest BCUT2D eigenvalue weighted by Crippen LogP contribution is 2.30. The maximum atomic E-state index is 14.3. The first kappa shape index (κ1) is 22.1. The Morgan fingerprint density at radius 3 is 2.21 bits per heavy atom. The predicted molar refractivity (Wildman–Crippen MR) is 101 cm³/mol. The SMILES string of the molecule is CC.CCNC(=O)/C(=C(/Cl)NCC)c1cc(NCC)c(N)cc1F. The molecule has 0 bridgehead atoms. The Labute approximate surface area is 148 Å². The summed E-state index contributed by atoms with van der Waals surface area (Å²) in [5.41, 5.74) is 6.77. The third-order valence-electron chi connectivity index (χ3n) is 2.89. The molecule has 1 aromatic carbocycles. The molecular weight excluding hydrogens is 331 g/mol. The molecule has 7 heteroatoms. The molecule has 5 N–H and O–H groups in total. The van der Waals surface area contributed by atoms with Crippen molar-refractivity contribution in [2.45, 2.75) is 34.6 Å². The van der Waals surface area contributed by atoms with Gasteiger partial charge in [-0.15, -0.1) is 0 Å². The zero-order valence-corrected chi connectivity index (χ0v) is 15.8. The summed E-state index contributed by atoms with van der Waals surface area (Å²) in [5.74, 6) is -1.05. The van der Waals surface area contributed by atoms with Gasteiger partial charge in [0.05, 0.1) is 16.9 Å². The molecule has 0 saturated carbocycles. The summed E-state index contributed by atoms with van der Waals surface area (Å²) in [6, 6.07) is 2.68. The lowest BCUT2D eigenvalue weighted by molar-refractivity contribution is -0.115. The van der Waals surface area contributed by atoms with Gasteiger partial charge in [-0.05, 0) is 32.9 Å². The fraction of sp³-hybridized carbons (Fsp3) is 0.471. The molecule has 0 radical (unpaired) electrons. The van der Waals surface area contributed by atoms with Gasteiger partial charge in [-0.1, -0.05) is 25.4 Å². The van der Waals surface area contributed by atoms with Gasteiger partial charge in [0.25, 0.3) is 5.91 Å². The number of hydrogen-bond acceptors (Lipinski definition) is 4. The summed E-state index contributed by atoms with van der Waals surface area (Å²) in [4.78, 5) is 12.3. The third-order valence-corrected chi connectivity index (χ3v) is 3.21. The van der Waals surface area contributed by atoms with Gasteiger partial charge in [-0.2, -0.15) is 0 Å². The molecule has 0 aliphatic heterocycles. The van der Waals surface area contributed by atoms with Crippen molar-refractivity contribution in [3.63, 3.8) is 0 Å². The lowest BCUT2D eigenvalue weighted by Gasteiger charge is -2.15. The second kappa shape index (κ2) is 11.6. The van der Waals surface area contributed by atoms with Crippen LogP contribution in [0.1, 0.15) is 40.2 Å². The zero-order valence-electron chi connectivity index (χ0n) is 15.0. The van der Waals surface area contributed by atoms with Gasteiger partial charge in [0, 0.05) is 25.2 Å². The number of nitrogens with two attached hydrogens (primary N) is 1. The lowest BCUT2D eigenvalue weighted by Crippen LogP contribution is -2.27. The minimum atomic E-state index is -0.601. The number of anilines is 2. The Morgan fingerprint density at radius 2 is 1.71 bits per heavy atom. The van der Waals surface area contributed by atoms with Crippen LogP contribution >= 0.6 is 11.6 Å². The van der Waals surface area contributed by atoms with Gasteiger partial charge >= 0.3 is 0 Å². The Kier molecular flexibility index (Phi) is 10.6. The van der Waals surface area contributed by atoms with E-state index in [4.69, 9.17) is 17.3 Å². The average molecular weight is 359 g/mol. The molecule has 24 heavy (non-hydrogen) atoms. The summed E-state index contributed by atoms with van der Waals surface area (Å²) in [6.07, 6.45) is 0. The number of likely N-dealkylation sites (N-methyl/N-ethyl adjacent to an activating group) is 1. The first-order chi connectivity index (χ1) is 11.5. The summed E-state index contributed by atoms with van der Waals surface area (Å²) in [5, 5.41) is 8.61. The highest BCUT2D eigenvalue weighted by atomic mass is 35.5. The topological polar surface area (TPSA) is 79.2 Å². The van der Waals surface area contributed by atoms with Crippen molar-refractivity contribution in [3.05, 3.63) is 28.7 Å². The summed E-state index contributed by atoms with van der Waals surface area (Å²) in [7, 11) is 0. The van der Waals surface area contributed by atoms with Crippen LogP contribution in [0.5, 0.6) is 0 Å². The molecule has 0 fully saturated rings. The number of rotatable bonds is 7. The van der Waals surface area contributed by atoms with Gasteiger partial charge in [0.2, 0.25) is 0 Å². The molecule has 0 heterocycles. The third kappa shape index (κ3) is 5.92. The van der Waals surface area contributed by atoms with Crippen molar-refractivity contribution in [2.24, 2.45) is 0 Å². The number of carbonyl (C=O) groups excluding carboxylic acids is 1. The largest absolute Gasteiger partial charge is 0.397 e. The average Bonchev–Trinajstić information content (AvgIpc) is 2.54. The molecule has 0 aromatic heterocycles. The lowest BCUT2D eigenvalue weighted by atomic mass is 10.0. The van der Waals surface area contributed by atoms with E-state index in [-0.39, 0.29) is 22.0 Å². The maximum absolute atomic E-state index is 14.3. The highest BCUT2D eigenvalue weighted by Gasteiger charge is 2.21. The van der Waals surface area contributed by atoms with Crippen molar-refractivity contribution in [1.29, 1.82) is 0 Å². The Hall–Kier alpha value is -1.95. The second-order valence-corrected chi connectivity index (χ2v) is 4.91. The standard InChI is InChI=1S/C15H22ClFN4O.C2H6/c1-4-19-12-7-9(10(17)8-11(12)18)13(14(16)20-5-2)15(22)21-6-3;1-2/h7-8,19-20H,4-6,18H2,1-3H3,(H,21,22);1-2H3/b14-13-;. The fourth-order valence-corrected chi connectivity index (χ4v) is 2.28. The van der Waals surface area contributed by atoms with Crippen LogP contribution in [0.4, 0.5) is 15.8 Å². The van der Waals surface area contributed by atoms with Crippen molar-refractivity contribution in [1.82, 2.24) is 10.6 Å². The zero-order chi connectivity index (χ0) is 18.7. The van der Waals surface area contributed by atoms with E-state index in [0.29, 0.717) is 25.3 Å². The van der Waals surface area contributed by atoms with Crippen LogP contribution in [0.25, 0.3) is 5.57 Å². The van der Waals surface area contributed by atoms with Crippen LogP contribution < -0.4 is 21.7 Å². The molecular formula is C17H28ClFN4O. The van der Waals surface area contributed by atoms with Crippen LogP contribution in [0.2, 0.25) is 0 Å². The smallest absolute Gasteiger partial charge is 0.255 e. The monoisotopic (exact) mass is 358 g/mol. The van der Waals surface area contributed by atoms with Gasteiger partial charge in [-0.25, -0.2) is 4.39 Å². The molecule has 0 aliphatic carbocycles. The Bertz CT molecular complexity index is 576. The van der Waals surface area contributed by atoms with Gasteiger partial charge < -0.3 is 21.7 Å². The van der Waals surface area contributed by atoms with E-state index in [1.165, 1.54) is 12.1 Å². The molecule has 1 aromatic rings. The number of nitrogens with one attached hydrogen (secondary N) is 3. The van der Waals surface area contributed by atoms with E-state index in [2.05, 4.69) is 16.0 Å². The first-order valence-electron chi connectivity index (χ1n) is 8.21. The van der Waals surface area contributed by atoms with Gasteiger partial charge in [0.15, 0.2) is 0 Å². The van der Waals surface area contributed by atoms with Crippen molar-refractivity contribution >= 4 is 34.5 Å². The quantitative estimate of drug-likeness (QED) is 0.341. The fourth-order valence-electron chi connectivity index (χ4n) is 1.96. The number of amides is 1. The van der Waals surface area contributed by atoms with Gasteiger partial charge in [0.1, 0.15) is 11.0 Å². The minimum Gasteiger partial charge on any atom is -0.397 e. The molecule has 0 saturated heterocycles. The number of benzene rings is 1. The van der Waals surface area contributed by atoms with Crippen molar-refractivity contribution < 1.29 is 9.18 Å². The Morgan fingerprint density at radius 1 is 1.12 bits per heavy atom. The molecule has 136 valence electrons. The van der Waals surface area contributed by atoms with Crippen molar-refractivity contribution in [3.8, 4) is 0 Å². The van der Waals surface area contributed by atoms with Crippen molar-refractivity contribution in [2.75, 3.05) is 30.7 Å². The molecule has 1 amide bonds. The van der Waals surface area contributed by atoms with E-state index in [1.54, 1.807) is 6.92 Å². The van der Waals surface area contributed by atoms with Crippen LogP contribution in [0, 0.1) is 5.82 Å². The summed E-state index contributed by atoms with van der Waals surface area (Å²) in [6.45, 7) is 11.1. The number of carbonyl (C=O) groups is 1. The molecule has 0 spiro atoms. The molecule has 5 nitrogen and oxygen atoms in total. The predicted octanol–water partition coefficient (Wildman–Crippen LogP) is 3.52. The van der Waals surface area contributed by atoms with Crippen LogP contribution in [0.3, 0.4) is 0 Å². The van der Waals surface area contributed by atoms with Crippen LogP contribution in [0.15, 0.2) is 17.3 Å². The number of nitrogen functional groups attached to an aromatic ring is 1. The molecule has 1 rings (SSSR count). The van der Waals surface area contributed by atoms with E-state index in [1.807, 2.05) is 27.7 Å². The Balaban J connectivity index is 0.00000254. The summed E-state index contributed by atoms with van der Waals surface area (Å²) >= 11 is 6.14. The molecule has 0 atom stereocenters. The van der Waals surface area contributed by atoms with Gasteiger partial charge in [-0.3, -0.25) is 4.79 Å². The highest BCUT2D eigenvalue weighted by molar-refractivity contribution is 6.39. The number of hydrogen-bond donors (Lipinski definition) is 4. The maximum Gasteiger partial charge on any atom is 0.255 e. The van der Waals surface area contributed by atoms with E-state index in [9.17, 15) is 9.18 Å². The number of halogens is 2. The molecule has 0 aliphatic rings. The van der Waals surface area contributed by atoms with E-state index >= 15 is 0 Å². The van der Waals surface area contributed by atoms with Crippen LogP contribution in [-0.2, 0) is 4.79 Å². The van der Waals surface area contributed by atoms with Crippen LogP contribution in [-0.4, -0.2) is 25.5 Å². The minimum absolute atomic E-state index is 0.0574.